The summed E-state index contributed by atoms with van der Waals surface area (Å²) >= 11 is 0. The van der Waals surface area contributed by atoms with Gasteiger partial charge in [0.2, 0.25) is 0 Å². The van der Waals surface area contributed by atoms with Crippen molar-refractivity contribution in [1.82, 2.24) is 15.0 Å². The topological polar surface area (TPSA) is 38.7 Å². The lowest BCUT2D eigenvalue weighted by Gasteiger charge is -2.23. The molecule has 0 spiro atoms. The van der Waals surface area contributed by atoms with Crippen molar-refractivity contribution in [3.63, 3.8) is 0 Å². The molecule has 8 aromatic carbocycles. The zero-order valence-electron chi connectivity index (χ0n) is 30.7. The van der Waals surface area contributed by atoms with E-state index in [-0.39, 0.29) is 5.41 Å². The van der Waals surface area contributed by atoms with E-state index in [1.165, 1.54) is 55.3 Å². The van der Waals surface area contributed by atoms with E-state index in [1.807, 2.05) is 60.7 Å². The standard InChI is InChI=1S/C52H37N3/c1-52(2)47-20-12-11-19-43(47)46-32-44(42-30-25-34-13-9-10-18-41(34)31-42)45(33-48(46)52)37-26-21-35(22-27-37)36-23-28-40(29-24-36)51-54-49(38-14-5-3-6-15-38)53-50(55-51)39-16-7-4-8-17-39/h3-33H,1-2H3. The van der Waals surface area contributed by atoms with Gasteiger partial charge in [0.05, 0.1) is 0 Å². The molecule has 1 aromatic heterocycles. The molecule has 9 aromatic rings. The largest absolute Gasteiger partial charge is 0.208 e. The minimum Gasteiger partial charge on any atom is -0.208 e. The van der Waals surface area contributed by atoms with Crippen molar-refractivity contribution in [2.45, 2.75) is 19.3 Å². The Balaban J connectivity index is 1.02. The Morgan fingerprint density at radius 3 is 1.36 bits per heavy atom. The number of aromatic nitrogens is 3. The van der Waals surface area contributed by atoms with Crippen LogP contribution in [-0.2, 0) is 5.41 Å². The predicted octanol–water partition coefficient (Wildman–Crippen LogP) is 13.3. The molecule has 0 N–H and O–H groups in total. The summed E-state index contributed by atoms with van der Waals surface area (Å²) in [4.78, 5) is 14.7. The molecular formula is C52H37N3. The Hall–Kier alpha value is -6.97. The first-order valence-corrected chi connectivity index (χ1v) is 18.9. The van der Waals surface area contributed by atoms with Crippen LogP contribution in [0.2, 0.25) is 0 Å². The first kappa shape index (κ1) is 32.7. The van der Waals surface area contributed by atoms with Crippen LogP contribution in [0.5, 0.6) is 0 Å². The fourth-order valence-corrected chi connectivity index (χ4v) is 8.17. The molecule has 1 aliphatic rings. The molecule has 1 aliphatic carbocycles. The van der Waals surface area contributed by atoms with Crippen LogP contribution in [0.4, 0.5) is 0 Å². The highest BCUT2D eigenvalue weighted by Crippen LogP contribution is 2.52. The molecular weight excluding hydrogens is 667 g/mol. The lowest BCUT2D eigenvalue weighted by molar-refractivity contribution is 0.660. The van der Waals surface area contributed by atoms with Gasteiger partial charge in [-0.1, -0.05) is 184 Å². The summed E-state index contributed by atoms with van der Waals surface area (Å²) in [5.74, 6) is 1.97. The van der Waals surface area contributed by atoms with Gasteiger partial charge in [-0.05, 0) is 84.6 Å². The maximum Gasteiger partial charge on any atom is 0.164 e. The lowest BCUT2D eigenvalue weighted by Crippen LogP contribution is -2.15. The van der Waals surface area contributed by atoms with Crippen LogP contribution >= 0.6 is 0 Å². The zero-order chi connectivity index (χ0) is 36.9. The van der Waals surface area contributed by atoms with E-state index in [9.17, 15) is 0 Å². The van der Waals surface area contributed by atoms with Gasteiger partial charge in [0.25, 0.3) is 0 Å². The molecule has 260 valence electrons. The number of hydrogen-bond donors (Lipinski definition) is 0. The van der Waals surface area contributed by atoms with Crippen molar-refractivity contribution < 1.29 is 0 Å². The molecule has 0 bridgehead atoms. The van der Waals surface area contributed by atoms with E-state index in [1.54, 1.807) is 0 Å². The maximum absolute atomic E-state index is 4.92. The quantitative estimate of drug-likeness (QED) is 0.173. The second-order valence-electron chi connectivity index (χ2n) is 14.9. The summed E-state index contributed by atoms with van der Waals surface area (Å²) in [6.45, 7) is 4.71. The minimum atomic E-state index is -0.0907. The normalized spacial score (nSPS) is 12.7. The molecule has 10 rings (SSSR count). The van der Waals surface area contributed by atoms with E-state index < -0.39 is 0 Å². The van der Waals surface area contributed by atoms with Gasteiger partial charge < -0.3 is 0 Å². The van der Waals surface area contributed by atoms with E-state index in [0.717, 1.165) is 27.8 Å². The summed E-state index contributed by atoms with van der Waals surface area (Å²) in [7, 11) is 0. The third-order valence-electron chi connectivity index (χ3n) is 11.2. The van der Waals surface area contributed by atoms with Crippen molar-refractivity contribution in [1.29, 1.82) is 0 Å². The summed E-state index contributed by atoms with van der Waals surface area (Å²) in [6.07, 6.45) is 0. The highest BCUT2D eigenvalue weighted by atomic mass is 15.0. The molecule has 0 amide bonds. The van der Waals surface area contributed by atoms with Crippen LogP contribution in [0.3, 0.4) is 0 Å². The van der Waals surface area contributed by atoms with Gasteiger partial charge >= 0.3 is 0 Å². The van der Waals surface area contributed by atoms with Crippen LogP contribution in [0.15, 0.2) is 188 Å². The summed E-state index contributed by atoms with van der Waals surface area (Å²) in [6, 6.07) is 67.0. The Kier molecular flexibility index (Phi) is 7.81. The van der Waals surface area contributed by atoms with Gasteiger partial charge in [-0.3, -0.25) is 0 Å². The highest BCUT2D eigenvalue weighted by molar-refractivity contribution is 5.96. The Bertz CT molecular complexity index is 2800. The third-order valence-corrected chi connectivity index (χ3v) is 11.2. The maximum atomic E-state index is 4.92. The van der Waals surface area contributed by atoms with Crippen LogP contribution in [0.1, 0.15) is 25.0 Å². The van der Waals surface area contributed by atoms with Gasteiger partial charge in [0.1, 0.15) is 0 Å². The van der Waals surface area contributed by atoms with E-state index in [4.69, 9.17) is 15.0 Å². The van der Waals surface area contributed by atoms with E-state index >= 15 is 0 Å². The smallest absolute Gasteiger partial charge is 0.164 e. The Labute approximate surface area is 321 Å². The molecule has 3 heteroatoms. The summed E-state index contributed by atoms with van der Waals surface area (Å²) < 4.78 is 0. The van der Waals surface area contributed by atoms with Crippen LogP contribution in [0.25, 0.3) is 89.4 Å². The average Bonchev–Trinajstić information content (AvgIpc) is 3.48. The van der Waals surface area contributed by atoms with Gasteiger partial charge in [0, 0.05) is 22.1 Å². The molecule has 0 saturated heterocycles. The van der Waals surface area contributed by atoms with Crippen molar-refractivity contribution >= 4 is 10.8 Å². The van der Waals surface area contributed by atoms with Gasteiger partial charge in [-0.25, -0.2) is 15.0 Å². The summed E-state index contributed by atoms with van der Waals surface area (Å²) in [5.41, 5.74) is 15.4. The molecule has 0 fully saturated rings. The van der Waals surface area contributed by atoms with Crippen LogP contribution in [-0.4, -0.2) is 15.0 Å². The third kappa shape index (κ3) is 5.82. The Morgan fingerprint density at radius 2 is 0.745 bits per heavy atom. The molecule has 0 aliphatic heterocycles. The second-order valence-corrected chi connectivity index (χ2v) is 14.9. The summed E-state index contributed by atoms with van der Waals surface area (Å²) in [5, 5.41) is 2.50. The van der Waals surface area contributed by atoms with Crippen molar-refractivity contribution in [2.24, 2.45) is 0 Å². The van der Waals surface area contributed by atoms with Crippen LogP contribution in [0, 0.1) is 0 Å². The SMILES string of the molecule is CC1(C)c2ccccc2-c2cc(-c3ccc4ccccc4c3)c(-c3ccc(-c4ccc(-c5nc(-c6ccccc6)nc(-c6ccccc6)n5)cc4)cc3)cc21. The monoisotopic (exact) mass is 703 g/mol. The average molecular weight is 704 g/mol. The molecule has 0 atom stereocenters. The van der Waals surface area contributed by atoms with Crippen molar-refractivity contribution in [3.05, 3.63) is 199 Å². The molecule has 3 nitrogen and oxygen atoms in total. The highest BCUT2D eigenvalue weighted by Gasteiger charge is 2.36. The van der Waals surface area contributed by atoms with E-state index in [0.29, 0.717) is 17.5 Å². The zero-order valence-corrected chi connectivity index (χ0v) is 30.7. The molecule has 0 radical (unpaired) electrons. The number of benzene rings is 8. The number of rotatable bonds is 6. The Morgan fingerprint density at radius 1 is 0.291 bits per heavy atom. The first-order chi connectivity index (χ1) is 27.0. The molecule has 55 heavy (non-hydrogen) atoms. The molecule has 1 heterocycles. The number of fused-ring (bicyclic) bond motifs is 4. The first-order valence-electron chi connectivity index (χ1n) is 18.9. The van der Waals surface area contributed by atoms with Gasteiger partial charge in [0.15, 0.2) is 17.5 Å². The molecule has 0 saturated carbocycles. The van der Waals surface area contributed by atoms with E-state index in [2.05, 4.69) is 141 Å². The number of hydrogen-bond acceptors (Lipinski definition) is 3. The lowest BCUT2D eigenvalue weighted by atomic mass is 9.80. The number of nitrogens with zero attached hydrogens (tertiary/aromatic N) is 3. The molecule has 0 unspecified atom stereocenters. The fourth-order valence-electron chi connectivity index (χ4n) is 8.17. The van der Waals surface area contributed by atoms with Crippen molar-refractivity contribution in [2.75, 3.05) is 0 Å². The van der Waals surface area contributed by atoms with Gasteiger partial charge in [-0.15, -0.1) is 0 Å². The minimum absolute atomic E-state index is 0.0907. The van der Waals surface area contributed by atoms with Crippen LogP contribution < -0.4 is 0 Å². The van der Waals surface area contributed by atoms with Gasteiger partial charge in [-0.2, -0.15) is 0 Å². The second kappa shape index (κ2) is 13.2. The fraction of sp³-hybridized carbons (Fsp3) is 0.0577. The van der Waals surface area contributed by atoms with Crippen molar-refractivity contribution in [3.8, 4) is 78.7 Å². The predicted molar refractivity (Wildman–Crippen MR) is 228 cm³/mol.